The summed E-state index contributed by atoms with van der Waals surface area (Å²) in [5.41, 5.74) is 4.14. The van der Waals surface area contributed by atoms with E-state index in [4.69, 9.17) is 19.4 Å². The number of benzene rings is 1. The van der Waals surface area contributed by atoms with Crippen LogP contribution < -0.4 is 4.74 Å². The number of hydrogen-bond acceptors (Lipinski definition) is 5. The zero-order valence-corrected chi connectivity index (χ0v) is 14.3. The predicted octanol–water partition coefficient (Wildman–Crippen LogP) is 3.76. The van der Waals surface area contributed by atoms with Crippen LogP contribution in [0.3, 0.4) is 0 Å². The maximum atomic E-state index is 9.13. The number of allylic oxidation sites excluding steroid dienone is 4. The summed E-state index contributed by atoms with van der Waals surface area (Å²) in [6.45, 7) is 0. The minimum absolute atomic E-state index is 0.0462. The van der Waals surface area contributed by atoms with Crippen LogP contribution >= 0.6 is 0 Å². The molecule has 2 heterocycles. The average molecular weight is 331 g/mol. The fourth-order valence-corrected chi connectivity index (χ4v) is 3.27. The molecule has 0 fully saturated rings. The Morgan fingerprint density at radius 2 is 2.12 bits per heavy atom. The van der Waals surface area contributed by atoms with E-state index < -0.39 is 0 Å². The summed E-state index contributed by atoms with van der Waals surface area (Å²) in [6.07, 6.45) is 5.71. The maximum Gasteiger partial charge on any atom is 0.155 e. The monoisotopic (exact) mass is 331 g/mol. The van der Waals surface area contributed by atoms with E-state index >= 15 is 0 Å². The molecule has 0 saturated heterocycles. The van der Waals surface area contributed by atoms with Crippen molar-refractivity contribution in [3.05, 3.63) is 59.5 Å². The molecule has 2 aliphatic rings. The molecule has 25 heavy (non-hydrogen) atoms. The number of rotatable bonds is 3. The molecule has 5 heteroatoms. The Morgan fingerprint density at radius 1 is 1.28 bits per heavy atom. The van der Waals surface area contributed by atoms with Crippen LogP contribution in [0, 0.1) is 17.2 Å². The van der Waals surface area contributed by atoms with E-state index in [1.807, 2.05) is 56.6 Å². The third-order valence-corrected chi connectivity index (χ3v) is 4.44. The summed E-state index contributed by atoms with van der Waals surface area (Å²) in [6, 6.07) is 9.88. The molecule has 4 rings (SSSR count). The van der Waals surface area contributed by atoms with E-state index in [0.29, 0.717) is 11.3 Å². The smallest absolute Gasteiger partial charge is 0.155 e. The van der Waals surface area contributed by atoms with Crippen molar-refractivity contribution in [2.24, 2.45) is 10.9 Å². The highest BCUT2D eigenvalue weighted by Gasteiger charge is 2.32. The van der Waals surface area contributed by atoms with E-state index in [0.717, 1.165) is 33.8 Å². The summed E-state index contributed by atoms with van der Waals surface area (Å²) in [5, 5.41) is 10.1. The summed E-state index contributed by atoms with van der Waals surface area (Å²) in [4.78, 5) is 6.83. The van der Waals surface area contributed by atoms with Gasteiger partial charge in [0.2, 0.25) is 0 Å². The first-order valence-electron chi connectivity index (χ1n) is 7.98. The zero-order valence-electron chi connectivity index (χ0n) is 14.3. The van der Waals surface area contributed by atoms with Crippen molar-refractivity contribution < 1.29 is 9.15 Å². The van der Waals surface area contributed by atoms with Gasteiger partial charge in [0, 0.05) is 19.5 Å². The second-order valence-corrected chi connectivity index (χ2v) is 6.23. The van der Waals surface area contributed by atoms with Gasteiger partial charge in [0.05, 0.1) is 36.1 Å². The van der Waals surface area contributed by atoms with Crippen LogP contribution in [-0.4, -0.2) is 31.8 Å². The molecule has 2 aromatic rings. The Kier molecular flexibility index (Phi) is 3.47. The van der Waals surface area contributed by atoms with Gasteiger partial charge < -0.3 is 14.1 Å². The first-order chi connectivity index (χ1) is 12.1. The Morgan fingerprint density at radius 3 is 2.84 bits per heavy atom. The van der Waals surface area contributed by atoms with Gasteiger partial charge in [0.1, 0.15) is 17.0 Å². The van der Waals surface area contributed by atoms with Crippen molar-refractivity contribution in [2.75, 3.05) is 21.2 Å². The number of fused-ring (bicyclic) bond motifs is 2. The van der Waals surface area contributed by atoms with Gasteiger partial charge in [-0.2, -0.15) is 5.26 Å². The first-order valence-corrected chi connectivity index (χ1v) is 7.98. The highest BCUT2D eigenvalue weighted by molar-refractivity contribution is 6.09. The van der Waals surface area contributed by atoms with Crippen molar-refractivity contribution in [2.45, 2.75) is 0 Å². The minimum Gasteiger partial charge on any atom is -0.497 e. The number of nitriles is 1. The van der Waals surface area contributed by atoms with Crippen molar-refractivity contribution in [3.8, 4) is 11.8 Å². The molecule has 0 spiro atoms. The van der Waals surface area contributed by atoms with Crippen molar-refractivity contribution >= 4 is 22.4 Å². The van der Waals surface area contributed by atoms with E-state index in [1.54, 1.807) is 7.11 Å². The van der Waals surface area contributed by atoms with Crippen LogP contribution in [0.4, 0.5) is 0 Å². The molecule has 0 radical (unpaired) electrons. The highest BCUT2D eigenvalue weighted by atomic mass is 16.5. The van der Waals surface area contributed by atoms with E-state index in [-0.39, 0.29) is 5.92 Å². The van der Waals surface area contributed by atoms with Gasteiger partial charge in [0.25, 0.3) is 0 Å². The third-order valence-electron chi connectivity index (χ3n) is 4.44. The molecule has 1 aromatic heterocycles. The van der Waals surface area contributed by atoms with Gasteiger partial charge in [-0.1, -0.05) is 6.08 Å². The van der Waals surface area contributed by atoms with Gasteiger partial charge >= 0.3 is 0 Å². The number of hydrogen-bond donors (Lipinski definition) is 0. The van der Waals surface area contributed by atoms with Gasteiger partial charge in [-0.3, -0.25) is 0 Å². The molecule has 0 bridgehead atoms. The molecule has 1 unspecified atom stereocenters. The second-order valence-electron chi connectivity index (χ2n) is 6.23. The predicted molar refractivity (Wildman–Crippen MR) is 97.1 cm³/mol. The highest BCUT2D eigenvalue weighted by Crippen LogP contribution is 2.39. The molecule has 1 aliphatic heterocycles. The summed E-state index contributed by atoms with van der Waals surface area (Å²) < 4.78 is 11.3. The van der Waals surface area contributed by atoms with E-state index in [1.165, 1.54) is 0 Å². The fraction of sp³-hybridized carbons (Fsp3) is 0.200. The average Bonchev–Trinajstić information content (AvgIpc) is 3.20. The van der Waals surface area contributed by atoms with Crippen molar-refractivity contribution in [3.63, 3.8) is 0 Å². The van der Waals surface area contributed by atoms with Gasteiger partial charge in [-0.15, -0.1) is 0 Å². The largest absolute Gasteiger partial charge is 0.497 e. The molecule has 0 saturated carbocycles. The number of methoxy groups -OCH3 is 1. The Bertz CT molecular complexity index is 1030. The van der Waals surface area contributed by atoms with E-state index in [9.17, 15) is 0 Å². The van der Waals surface area contributed by atoms with Crippen LogP contribution in [-0.2, 0) is 0 Å². The molecule has 5 nitrogen and oxygen atoms in total. The van der Waals surface area contributed by atoms with Crippen molar-refractivity contribution in [1.29, 1.82) is 5.26 Å². The van der Waals surface area contributed by atoms with Gasteiger partial charge in [-0.05, 0) is 36.4 Å². The topological polar surface area (TPSA) is 61.8 Å². The normalized spacial score (nSPS) is 18.7. The van der Waals surface area contributed by atoms with Crippen LogP contribution in [0.5, 0.6) is 5.75 Å². The number of ether oxygens (including phenoxy) is 1. The molecule has 0 amide bonds. The lowest BCUT2D eigenvalue weighted by Crippen LogP contribution is -2.22. The summed E-state index contributed by atoms with van der Waals surface area (Å²) >= 11 is 0. The SMILES string of the molecule is COc1ccc2oc(C3=C(N(C)C)C4C=CC(C#N)=CC4=N3)cc2c1. The summed E-state index contributed by atoms with van der Waals surface area (Å²) in [7, 11) is 5.64. The number of nitrogens with zero attached hydrogens (tertiary/aromatic N) is 3. The quantitative estimate of drug-likeness (QED) is 0.859. The molecule has 1 atom stereocenters. The Balaban J connectivity index is 1.86. The number of furan rings is 1. The molecular formula is C20H17N3O2. The molecule has 1 aliphatic carbocycles. The summed E-state index contributed by atoms with van der Waals surface area (Å²) in [5.74, 6) is 1.55. The maximum absolute atomic E-state index is 9.13. The third kappa shape index (κ3) is 2.43. The second kappa shape index (κ2) is 5.67. The minimum atomic E-state index is 0.0462. The lowest BCUT2D eigenvalue weighted by molar-refractivity contribution is 0.415. The van der Waals surface area contributed by atoms with Crippen LogP contribution in [0.2, 0.25) is 0 Å². The van der Waals surface area contributed by atoms with Crippen molar-refractivity contribution in [1.82, 2.24) is 4.90 Å². The van der Waals surface area contributed by atoms with Crippen LogP contribution in [0.25, 0.3) is 16.7 Å². The van der Waals surface area contributed by atoms with Crippen LogP contribution in [0.1, 0.15) is 5.76 Å². The van der Waals surface area contributed by atoms with E-state index in [2.05, 4.69) is 11.0 Å². The molecule has 124 valence electrons. The first kappa shape index (κ1) is 15.3. The lowest BCUT2D eigenvalue weighted by Gasteiger charge is -2.22. The van der Waals surface area contributed by atoms with Gasteiger partial charge in [0.15, 0.2) is 5.76 Å². The Hall–Kier alpha value is -3.26. The fourth-order valence-electron chi connectivity index (χ4n) is 3.27. The standard InChI is InChI=1S/C20H17N3O2/c1-23(2)20-15-6-4-12(11-21)8-16(15)22-19(20)18-10-13-9-14(24-3)5-7-17(13)25-18/h4-10,15H,1-3H3. The lowest BCUT2D eigenvalue weighted by atomic mass is 9.92. The molecule has 1 aromatic carbocycles. The molecule has 0 N–H and O–H groups in total. The molecular weight excluding hydrogens is 314 g/mol. The Labute approximate surface area is 145 Å². The zero-order chi connectivity index (χ0) is 17.6. The number of aliphatic imine (C=N–C) groups is 1. The van der Waals surface area contributed by atoms with Crippen LogP contribution in [0.15, 0.2) is 63.2 Å². The van der Waals surface area contributed by atoms with Gasteiger partial charge in [-0.25, -0.2) is 4.99 Å².